The Balaban J connectivity index is 1.94. The lowest BCUT2D eigenvalue weighted by Crippen LogP contribution is -2.33. The van der Waals surface area contributed by atoms with Crippen LogP contribution in [0.1, 0.15) is 55.7 Å². The maximum Gasteiger partial charge on any atom is 0.307 e. The Labute approximate surface area is 231 Å². The smallest absolute Gasteiger partial charge is 0.307 e. The van der Waals surface area contributed by atoms with Crippen LogP contribution in [0.3, 0.4) is 0 Å². The number of benzene rings is 3. The van der Waals surface area contributed by atoms with Crippen LogP contribution in [-0.2, 0) is 26.1 Å². The fourth-order valence-corrected chi connectivity index (χ4v) is 6.32. The first kappa shape index (κ1) is 28.2. The number of methoxy groups -OCH3 is 1. The number of sulfonamides is 1. The Morgan fingerprint density at radius 1 is 0.949 bits per heavy atom. The summed E-state index contributed by atoms with van der Waals surface area (Å²) in [6.45, 7) is 5.52. The Morgan fingerprint density at radius 2 is 1.62 bits per heavy atom. The van der Waals surface area contributed by atoms with Crippen molar-refractivity contribution in [3.8, 4) is 5.75 Å². The molecule has 1 aliphatic carbocycles. The van der Waals surface area contributed by atoms with Crippen molar-refractivity contribution >= 4 is 16.0 Å². The van der Waals surface area contributed by atoms with Gasteiger partial charge >= 0.3 is 5.97 Å². The summed E-state index contributed by atoms with van der Waals surface area (Å²) in [5.41, 5.74) is 4.09. The van der Waals surface area contributed by atoms with Crippen LogP contribution < -0.4 is 4.74 Å². The molecule has 0 saturated carbocycles. The van der Waals surface area contributed by atoms with E-state index in [2.05, 4.69) is 6.92 Å². The topological polar surface area (TPSA) is 72.9 Å². The third-order valence-corrected chi connectivity index (χ3v) is 8.53. The molecule has 0 radical (unpaired) electrons. The molecule has 204 valence electrons. The molecule has 3 aromatic rings. The molecular weight excluding hydrogens is 510 g/mol. The molecule has 4 rings (SSSR count). The first-order valence-electron chi connectivity index (χ1n) is 13.1. The largest absolute Gasteiger partial charge is 0.497 e. The van der Waals surface area contributed by atoms with Gasteiger partial charge in [-0.2, -0.15) is 0 Å². The molecule has 0 amide bonds. The monoisotopic (exact) mass is 545 g/mol. The molecule has 39 heavy (non-hydrogen) atoms. The Hall–Kier alpha value is -3.84. The third kappa shape index (κ3) is 6.42. The summed E-state index contributed by atoms with van der Waals surface area (Å²) >= 11 is 0. The van der Waals surface area contributed by atoms with Gasteiger partial charge in [0.2, 0.25) is 0 Å². The summed E-state index contributed by atoms with van der Waals surface area (Å²) in [6, 6.07) is 23.9. The van der Waals surface area contributed by atoms with Gasteiger partial charge in [-0.3, -0.25) is 9.10 Å². The van der Waals surface area contributed by atoms with Gasteiger partial charge in [0.25, 0.3) is 10.0 Å². The number of rotatable bonds is 11. The van der Waals surface area contributed by atoms with Gasteiger partial charge in [-0.25, -0.2) is 8.42 Å². The quantitative estimate of drug-likeness (QED) is 0.246. The number of allylic oxidation sites excluding steroid dienone is 2. The number of ether oxygens (including phenoxy) is 2. The van der Waals surface area contributed by atoms with Crippen molar-refractivity contribution in [2.75, 3.05) is 7.11 Å². The van der Waals surface area contributed by atoms with E-state index in [4.69, 9.17) is 9.47 Å². The highest BCUT2D eigenvalue weighted by atomic mass is 32.2. The second-order valence-electron chi connectivity index (χ2n) is 9.67. The number of esters is 1. The lowest BCUT2D eigenvalue weighted by molar-refractivity contribution is -0.137. The van der Waals surface area contributed by atoms with E-state index in [0.717, 1.165) is 35.1 Å². The summed E-state index contributed by atoms with van der Waals surface area (Å²) in [5.74, 6) is 0.0632. The van der Waals surface area contributed by atoms with Crippen molar-refractivity contribution in [2.24, 2.45) is 0 Å². The Kier molecular flexibility index (Phi) is 8.92. The minimum absolute atomic E-state index is 0.135. The number of carbonyl (C=O) groups is 1. The van der Waals surface area contributed by atoms with E-state index >= 15 is 0 Å². The standard InChI is InChI=1S/C32H35NO5S/c1-5-6-12-27-21-30(38-24(3)34)31(26-15-17-28(37-4)18-16-26)32(27)33(22-25-10-8-7-9-11-25)39(35,36)29-19-13-23(2)14-20-29/h7-11,13-21,31H,5-6,12,22H2,1-4H3. The third-order valence-electron chi connectivity index (χ3n) is 6.76. The zero-order valence-corrected chi connectivity index (χ0v) is 23.7. The zero-order chi connectivity index (χ0) is 28.0. The van der Waals surface area contributed by atoms with Crippen molar-refractivity contribution in [1.82, 2.24) is 4.31 Å². The first-order chi connectivity index (χ1) is 18.7. The van der Waals surface area contributed by atoms with Gasteiger partial charge in [0.15, 0.2) is 0 Å². The first-order valence-corrected chi connectivity index (χ1v) is 14.6. The van der Waals surface area contributed by atoms with Gasteiger partial charge in [0, 0.05) is 12.6 Å². The average Bonchev–Trinajstić information content (AvgIpc) is 3.27. The van der Waals surface area contributed by atoms with Gasteiger partial charge in [-0.1, -0.05) is 73.5 Å². The molecule has 1 atom stereocenters. The van der Waals surface area contributed by atoms with E-state index in [1.807, 2.05) is 67.6 Å². The molecule has 7 heteroatoms. The molecule has 1 aliphatic rings. The summed E-state index contributed by atoms with van der Waals surface area (Å²) in [6.07, 6.45) is 4.30. The van der Waals surface area contributed by atoms with Crippen LogP contribution in [0.15, 0.2) is 107 Å². The van der Waals surface area contributed by atoms with E-state index in [1.54, 1.807) is 31.4 Å². The van der Waals surface area contributed by atoms with E-state index in [0.29, 0.717) is 23.6 Å². The fourth-order valence-electron chi connectivity index (χ4n) is 4.78. The maximum absolute atomic E-state index is 14.4. The van der Waals surface area contributed by atoms with Gasteiger partial charge < -0.3 is 9.47 Å². The summed E-state index contributed by atoms with van der Waals surface area (Å²) in [7, 11) is -2.39. The Bertz CT molecular complexity index is 1460. The van der Waals surface area contributed by atoms with Crippen LogP contribution >= 0.6 is 0 Å². The van der Waals surface area contributed by atoms with Crippen molar-refractivity contribution < 1.29 is 22.7 Å². The summed E-state index contributed by atoms with van der Waals surface area (Å²) < 4.78 is 41.4. The fraction of sp³-hybridized carbons (Fsp3) is 0.281. The van der Waals surface area contributed by atoms with E-state index in [1.165, 1.54) is 11.2 Å². The predicted octanol–water partition coefficient (Wildman–Crippen LogP) is 6.88. The van der Waals surface area contributed by atoms with Crippen LogP contribution in [0.5, 0.6) is 5.75 Å². The number of hydrogen-bond acceptors (Lipinski definition) is 5. The highest BCUT2D eigenvalue weighted by Crippen LogP contribution is 2.46. The lowest BCUT2D eigenvalue weighted by atomic mass is 9.94. The normalized spacial score (nSPS) is 15.2. The molecule has 0 saturated heterocycles. The number of aryl methyl sites for hydroxylation is 1. The molecule has 3 aromatic carbocycles. The highest BCUT2D eigenvalue weighted by Gasteiger charge is 2.40. The average molecular weight is 546 g/mol. The van der Waals surface area contributed by atoms with E-state index in [9.17, 15) is 13.2 Å². The molecule has 0 bridgehead atoms. The number of unbranched alkanes of at least 4 members (excludes halogenated alkanes) is 1. The van der Waals surface area contributed by atoms with Gasteiger partial charge in [-0.05, 0) is 66.8 Å². The van der Waals surface area contributed by atoms with E-state index in [-0.39, 0.29) is 11.4 Å². The maximum atomic E-state index is 14.4. The van der Waals surface area contributed by atoms with Crippen molar-refractivity contribution in [3.63, 3.8) is 0 Å². The number of carbonyl (C=O) groups excluding carboxylic acids is 1. The van der Waals surface area contributed by atoms with E-state index < -0.39 is 21.9 Å². The van der Waals surface area contributed by atoms with Crippen molar-refractivity contribution in [3.05, 3.63) is 119 Å². The molecular formula is C32H35NO5S. The molecule has 1 unspecified atom stereocenters. The molecule has 0 aliphatic heterocycles. The van der Waals surface area contributed by atoms with Gasteiger partial charge in [0.1, 0.15) is 11.5 Å². The SMILES string of the molecule is CCCCC1=C(N(Cc2ccccc2)S(=O)(=O)c2ccc(C)cc2)C(c2ccc(OC)cc2)C(OC(C)=O)=C1. The Morgan fingerprint density at radius 3 is 2.21 bits per heavy atom. The molecule has 0 heterocycles. The molecule has 6 nitrogen and oxygen atoms in total. The van der Waals surface area contributed by atoms with Crippen LogP contribution in [-0.4, -0.2) is 25.8 Å². The molecule has 0 fully saturated rings. The minimum atomic E-state index is -3.99. The summed E-state index contributed by atoms with van der Waals surface area (Å²) in [5, 5.41) is 0. The summed E-state index contributed by atoms with van der Waals surface area (Å²) in [4.78, 5) is 12.4. The second-order valence-corrected chi connectivity index (χ2v) is 11.5. The molecule has 0 N–H and O–H groups in total. The van der Waals surface area contributed by atoms with Gasteiger partial charge in [0.05, 0.1) is 24.5 Å². The lowest BCUT2D eigenvalue weighted by Gasteiger charge is -2.32. The van der Waals surface area contributed by atoms with Crippen LogP contribution in [0, 0.1) is 6.92 Å². The molecule has 0 aromatic heterocycles. The zero-order valence-electron chi connectivity index (χ0n) is 22.9. The van der Waals surface area contributed by atoms with Crippen LogP contribution in [0.2, 0.25) is 0 Å². The number of nitrogens with zero attached hydrogens (tertiary/aromatic N) is 1. The van der Waals surface area contributed by atoms with Crippen LogP contribution in [0.4, 0.5) is 0 Å². The highest BCUT2D eigenvalue weighted by molar-refractivity contribution is 7.89. The predicted molar refractivity (Wildman–Crippen MR) is 152 cm³/mol. The van der Waals surface area contributed by atoms with Gasteiger partial charge in [-0.15, -0.1) is 0 Å². The van der Waals surface area contributed by atoms with Crippen molar-refractivity contribution in [2.45, 2.75) is 57.4 Å². The molecule has 0 spiro atoms. The van der Waals surface area contributed by atoms with Crippen molar-refractivity contribution in [1.29, 1.82) is 0 Å². The van der Waals surface area contributed by atoms with Crippen LogP contribution in [0.25, 0.3) is 0 Å². The number of hydrogen-bond donors (Lipinski definition) is 0. The second kappa shape index (κ2) is 12.3. The minimum Gasteiger partial charge on any atom is -0.497 e.